The molecule has 4 unspecified atom stereocenters. The molecule has 26 nitrogen and oxygen atoms in total. The first-order chi connectivity index (χ1) is 33.4. The molecule has 8 rings (SSSR count). The van der Waals surface area contributed by atoms with E-state index < -0.39 is 122 Å². The van der Waals surface area contributed by atoms with Gasteiger partial charge in [-0.2, -0.15) is 0 Å². The zero-order valence-electron chi connectivity index (χ0n) is 37.7. The first-order valence-electron chi connectivity index (χ1n) is 22.5. The number of nitrogens with zero attached hydrogens (tertiary/aromatic N) is 4. The summed E-state index contributed by atoms with van der Waals surface area (Å²) in [7, 11) is 0. The Hall–Kier alpha value is -4.57. The van der Waals surface area contributed by atoms with Crippen LogP contribution in [-0.2, 0) is 39.8 Å². The lowest BCUT2D eigenvalue weighted by Gasteiger charge is -2.47. The number of hydrogen-bond acceptors (Lipinski definition) is 24. The van der Waals surface area contributed by atoms with E-state index in [1.807, 2.05) is 6.07 Å². The van der Waals surface area contributed by atoms with Crippen molar-refractivity contribution in [2.45, 2.75) is 136 Å². The van der Waals surface area contributed by atoms with E-state index in [0.29, 0.717) is 33.3 Å². The Kier molecular flexibility index (Phi) is 16.3. The second-order valence-corrected chi connectivity index (χ2v) is 18.6. The predicted molar refractivity (Wildman–Crippen MR) is 247 cm³/mol. The average Bonchev–Trinajstić information content (AvgIpc) is 4.08. The molecule has 4 aliphatic rings. The van der Waals surface area contributed by atoms with Crippen LogP contribution in [0.5, 0.6) is 0 Å². The van der Waals surface area contributed by atoms with Crippen molar-refractivity contribution in [2.24, 2.45) is 34.4 Å². The fraction of sp³-hybridized carbons (Fsp3) is 0.558. The maximum Gasteiger partial charge on any atom is 0.255 e. The number of carbonyl (C=O) groups excluding carboxylic acids is 2. The van der Waals surface area contributed by atoms with Gasteiger partial charge in [0.1, 0.15) is 72.8 Å². The van der Waals surface area contributed by atoms with Gasteiger partial charge in [0.15, 0.2) is 24.0 Å². The molecule has 20 N–H and O–H groups in total. The number of benzene rings is 2. The van der Waals surface area contributed by atoms with Gasteiger partial charge in [0.05, 0.1) is 36.6 Å². The monoisotopic (exact) mass is 1000 g/mol. The number of thiazole rings is 1. The van der Waals surface area contributed by atoms with Gasteiger partial charge >= 0.3 is 0 Å². The van der Waals surface area contributed by atoms with Crippen LogP contribution in [0.4, 0.5) is 10.8 Å². The molecule has 2 aromatic heterocycles. The molecule has 3 saturated heterocycles. The summed E-state index contributed by atoms with van der Waals surface area (Å²) in [5.74, 6) is -0.652. The minimum absolute atomic E-state index is 0.0442. The van der Waals surface area contributed by atoms with Crippen molar-refractivity contribution in [1.82, 2.24) is 20.0 Å². The third-order valence-corrected chi connectivity index (χ3v) is 13.5. The normalized spacial score (nSPS) is 36.7. The van der Waals surface area contributed by atoms with Crippen molar-refractivity contribution in [3.8, 4) is 22.5 Å². The Morgan fingerprint density at radius 3 is 1.96 bits per heavy atom. The van der Waals surface area contributed by atoms with Crippen molar-refractivity contribution < 1.29 is 68.6 Å². The van der Waals surface area contributed by atoms with Crippen LogP contribution < -0.4 is 45.0 Å². The Balaban J connectivity index is 1.00. The van der Waals surface area contributed by atoms with E-state index in [2.05, 4.69) is 25.9 Å². The van der Waals surface area contributed by atoms with Crippen LogP contribution in [0.15, 0.2) is 60.1 Å². The molecule has 19 atom stereocenters. The highest BCUT2D eigenvalue weighted by molar-refractivity contribution is 7.14. The lowest BCUT2D eigenvalue weighted by molar-refractivity contribution is -0.306. The number of carbonyl (C=O) groups is 2. The lowest BCUT2D eigenvalue weighted by atomic mass is 9.84. The number of aliphatic hydroxyl groups excluding tert-OH is 6. The molecule has 70 heavy (non-hydrogen) atoms. The van der Waals surface area contributed by atoms with Crippen LogP contribution in [0.3, 0.4) is 0 Å². The van der Waals surface area contributed by atoms with Gasteiger partial charge in [-0.15, -0.1) is 16.4 Å². The van der Waals surface area contributed by atoms with Crippen molar-refractivity contribution in [2.75, 3.05) is 23.7 Å². The molecule has 5 heterocycles. The Morgan fingerprint density at radius 2 is 1.31 bits per heavy atom. The van der Waals surface area contributed by atoms with Gasteiger partial charge in [0.2, 0.25) is 5.91 Å². The predicted octanol–water partition coefficient (Wildman–Crippen LogP) is -4.59. The Labute approximate surface area is 404 Å². The van der Waals surface area contributed by atoms with Gasteiger partial charge in [-0.05, 0) is 30.7 Å². The van der Waals surface area contributed by atoms with Crippen molar-refractivity contribution in [3.05, 3.63) is 65.7 Å². The summed E-state index contributed by atoms with van der Waals surface area (Å²) >= 11 is 1.28. The summed E-state index contributed by atoms with van der Waals surface area (Å²) in [5, 5.41) is 82.2. The van der Waals surface area contributed by atoms with E-state index in [1.54, 1.807) is 54.0 Å². The van der Waals surface area contributed by atoms with Gasteiger partial charge < -0.3 is 104 Å². The van der Waals surface area contributed by atoms with Gasteiger partial charge in [-0.3, -0.25) is 9.59 Å². The zero-order valence-corrected chi connectivity index (χ0v) is 38.5. The summed E-state index contributed by atoms with van der Waals surface area (Å²) in [4.78, 5) is 29.5. The minimum atomic E-state index is -1.68. The van der Waals surface area contributed by atoms with E-state index in [0.717, 1.165) is 5.56 Å². The number of ether oxygens (including phenoxy) is 6. The third-order valence-electron chi connectivity index (χ3n) is 12.7. The van der Waals surface area contributed by atoms with Gasteiger partial charge in [-0.1, -0.05) is 29.5 Å². The smallest absolute Gasteiger partial charge is 0.255 e. The molecule has 0 radical (unpaired) electrons. The second kappa shape index (κ2) is 22.0. The summed E-state index contributed by atoms with van der Waals surface area (Å²) in [6.45, 7) is 0.827. The summed E-state index contributed by atoms with van der Waals surface area (Å²) < 4.78 is 38.1. The quantitative estimate of drug-likeness (QED) is 0.0533. The highest BCUT2D eigenvalue weighted by Gasteiger charge is 2.54. The first-order valence-corrected chi connectivity index (χ1v) is 23.4. The second-order valence-electron chi connectivity index (χ2n) is 17.7. The largest absolute Gasteiger partial charge is 0.389 e. The lowest BCUT2D eigenvalue weighted by Crippen LogP contribution is -2.68. The number of rotatable bonds is 15. The van der Waals surface area contributed by atoms with Crippen LogP contribution in [0.1, 0.15) is 23.7 Å². The minimum Gasteiger partial charge on any atom is -0.389 e. The summed E-state index contributed by atoms with van der Waals surface area (Å²) in [5.41, 5.74) is 39.9. The van der Waals surface area contributed by atoms with Gasteiger partial charge in [-0.25, -0.2) is 9.67 Å². The van der Waals surface area contributed by atoms with Crippen molar-refractivity contribution in [1.29, 1.82) is 0 Å². The van der Waals surface area contributed by atoms with Crippen molar-refractivity contribution >= 4 is 34.0 Å². The molecule has 1 saturated carbocycles. The molecular formula is C43H60N12O14S. The highest BCUT2D eigenvalue weighted by atomic mass is 32.1. The van der Waals surface area contributed by atoms with Crippen LogP contribution in [0.25, 0.3) is 22.5 Å². The van der Waals surface area contributed by atoms with Crippen molar-refractivity contribution in [3.63, 3.8) is 0 Å². The maximum atomic E-state index is 13.5. The molecule has 27 heteroatoms. The van der Waals surface area contributed by atoms with E-state index in [9.17, 15) is 40.2 Å². The number of aromatic nitrogens is 4. The Morgan fingerprint density at radius 1 is 0.714 bits per heavy atom. The number of hydrogen-bond donors (Lipinski definition) is 14. The topological polar surface area (TPSA) is 435 Å². The molecule has 3 aliphatic heterocycles. The van der Waals surface area contributed by atoms with Crippen LogP contribution in [-0.4, -0.2) is 192 Å². The first kappa shape index (κ1) is 51.8. The van der Waals surface area contributed by atoms with Gasteiger partial charge in [0.25, 0.3) is 5.91 Å². The Bertz CT molecular complexity index is 2420. The molecule has 0 bridgehead atoms. The van der Waals surface area contributed by atoms with E-state index in [4.69, 9.17) is 62.8 Å². The molecule has 2 aromatic carbocycles. The number of amides is 2. The molecule has 2 amide bonds. The van der Waals surface area contributed by atoms with E-state index in [-0.39, 0.29) is 32.0 Å². The number of anilines is 2. The third kappa shape index (κ3) is 11.1. The standard InChI is InChI=1S/C43H60N12O14S/c1-16(56)50-43-52-24(15-70-43)18-5-3-7-20(9-18)51-39(63)19-6-2-4-17(8-19)23-13-55(54-53-23)14-27-37(68-41-29(49)34(61)32(59)26(12-45)65-41)35(62)42(66-27)69-38-30(57)21(46)10-22(47)36(38)67-40-28(48)33(60)31(58)25(11-44)64-40/h2-9,13,15,21-22,25-38,40-42,57-62H,10-12,14,44-49H2,1H3,(H,51,63)(H,50,52,56)/t21-,22+,25-,26-,27?,28-,29-,30+,31-,32-,33-,34-,35?,36-,37?,38-,40-,41-,42?/m1/s1. The summed E-state index contributed by atoms with van der Waals surface area (Å²) in [6.07, 6.45) is -19.2. The van der Waals surface area contributed by atoms with E-state index >= 15 is 0 Å². The zero-order chi connectivity index (χ0) is 50.1. The highest BCUT2D eigenvalue weighted by Crippen LogP contribution is 2.35. The molecule has 0 spiro atoms. The fourth-order valence-electron chi connectivity index (χ4n) is 8.84. The van der Waals surface area contributed by atoms with E-state index in [1.165, 1.54) is 22.9 Å². The van der Waals surface area contributed by atoms with Crippen LogP contribution in [0.2, 0.25) is 0 Å². The maximum absolute atomic E-state index is 13.5. The SMILES string of the molecule is CC(=O)Nc1nc(-c2cccc(NC(=O)c3cccc(-c4cn(CC5OC(O[C@@H]6[C@@H](O)[C@H](N)C[C@H](N)[C@H]6O[C@H]6O[C@H](CN)[C@@H](O)[C@H](O)[C@H]6N)C(O)C5O[C@H]5O[C@H](CN)[C@@H](O)[C@H](O)[C@H]5N)nn4)c3)c2)cs1. The molecule has 4 aromatic rings. The fourth-order valence-corrected chi connectivity index (χ4v) is 9.61. The number of aliphatic hydroxyl groups is 6. The molecule has 1 aliphatic carbocycles. The molecular weight excluding hydrogens is 941 g/mol. The van der Waals surface area contributed by atoms with Crippen LogP contribution in [0, 0.1) is 0 Å². The summed E-state index contributed by atoms with van der Waals surface area (Å²) in [6, 6.07) is 9.31. The van der Waals surface area contributed by atoms with Gasteiger partial charge in [0, 0.05) is 59.9 Å². The average molecular weight is 1000 g/mol. The van der Waals surface area contributed by atoms with Crippen LogP contribution >= 0.6 is 11.3 Å². The number of nitrogens with one attached hydrogen (secondary N) is 2. The number of nitrogens with two attached hydrogens (primary N) is 6. The molecule has 382 valence electrons. The molecule has 4 fully saturated rings.